The van der Waals surface area contributed by atoms with Gasteiger partial charge in [-0.15, -0.1) is 0 Å². The fourth-order valence-corrected chi connectivity index (χ4v) is 2.41. The van der Waals surface area contributed by atoms with E-state index in [9.17, 15) is 4.79 Å². The van der Waals surface area contributed by atoms with Crippen LogP contribution >= 0.6 is 0 Å². The molecule has 2 aromatic rings. The lowest BCUT2D eigenvalue weighted by Crippen LogP contribution is -2.27. The lowest BCUT2D eigenvalue weighted by molar-refractivity contribution is 0.0752. The number of carbonyl (C=O) groups excluding carboxylic acids is 1. The Hall–Kier alpha value is -2.10. The van der Waals surface area contributed by atoms with Crippen LogP contribution in [0.2, 0.25) is 0 Å². The fraction of sp³-hybridized carbons (Fsp3) is 0.444. The average Bonchev–Trinajstić information content (AvgIpc) is 3.01. The zero-order valence-electron chi connectivity index (χ0n) is 13.6. The molecule has 1 heterocycles. The van der Waals surface area contributed by atoms with Gasteiger partial charge in [0, 0.05) is 19.7 Å². The van der Waals surface area contributed by atoms with E-state index < -0.39 is 0 Å². The fourth-order valence-electron chi connectivity index (χ4n) is 2.41. The Kier molecular flexibility index (Phi) is 5.75. The number of benzene rings is 1. The summed E-state index contributed by atoms with van der Waals surface area (Å²) in [5.74, 6) is 0.570. The van der Waals surface area contributed by atoms with E-state index in [1.54, 1.807) is 18.0 Å². The number of unbranched alkanes of at least 4 members (excludes halogenated alkanes) is 1. The number of hydrogen-bond donors (Lipinski definition) is 0. The number of carbonyl (C=O) groups is 1. The van der Waals surface area contributed by atoms with Crippen molar-refractivity contribution >= 4 is 5.91 Å². The van der Waals surface area contributed by atoms with Gasteiger partial charge in [-0.05, 0) is 24.3 Å². The molecule has 0 bridgehead atoms. The monoisotopic (exact) mass is 300 g/mol. The maximum absolute atomic E-state index is 12.2. The van der Waals surface area contributed by atoms with E-state index in [4.69, 9.17) is 4.52 Å². The highest BCUT2D eigenvalue weighted by molar-refractivity contribution is 5.91. The maximum Gasteiger partial charge on any atom is 0.292 e. The van der Waals surface area contributed by atoms with Crippen molar-refractivity contribution in [2.45, 2.75) is 39.0 Å². The molecule has 4 nitrogen and oxygen atoms in total. The van der Waals surface area contributed by atoms with Gasteiger partial charge in [0.25, 0.3) is 5.91 Å². The third-order valence-corrected chi connectivity index (χ3v) is 3.85. The van der Waals surface area contributed by atoms with Gasteiger partial charge in [0.15, 0.2) is 0 Å². The molecule has 1 atom stereocenters. The molecule has 0 N–H and O–H groups in total. The Bertz CT molecular complexity index is 592. The summed E-state index contributed by atoms with van der Waals surface area (Å²) in [7, 11) is 1.80. The Balaban J connectivity index is 1.98. The quantitative estimate of drug-likeness (QED) is 0.779. The van der Waals surface area contributed by atoms with Crippen LogP contribution in [0.1, 0.15) is 54.4 Å². The molecule has 0 unspecified atom stereocenters. The largest absolute Gasteiger partial charge is 0.351 e. The summed E-state index contributed by atoms with van der Waals surface area (Å²) in [4.78, 5) is 13.9. The molecular formula is C18H24N2O2. The topological polar surface area (TPSA) is 46.3 Å². The van der Waals surface area contributed by atoms with Crippen molar-refractivity contribution in [3.63, 3.8) is 0 Å². The van der Waals surface area contributed by atoms with Crippen LogP contribution in [0, 0.1) is 0 Å². The Morgan fingerprint density at radius 3 is 2.73 bits per heavy atom. The lowest BCUT2D eigenvalue weighted by atomic mass is 9.96. The van der Waals surface area contributed by atoms with Crippen molar-refractivity contribution < 1.29 is 9.32 Å². The predicted molar refractivity (Wildman–Crippen MR) is 86.9 cm³/mol. The van der Waals surface area contributed by atoms with Gasteiger partial charge >= 0.3 is 0 Å². The van der Waals surface area contributed by atoms with Crippen molar-refractivity contribution in [2.75, 3.05) is 13.6 Å². The van der Waals surface area contributed by atoms with Gasteiger partial charge in [0.05, 0.1) is 5.69 Å². The highest BCUT2D eigenvalue weighted by Gasteiger charge is 2.18. The van der Waals surface area contributed by atoms with Gasteiger partial charge in [-0.1, -0.05) is 55.8 Å². The molecular weight excluding hydrogens is 276 g/mol. The van der Waals surface area contributed by atoms with Gasteiger partial charge < -0.3 is 9.42 Å². The maximum atomic E-state index is 12.2. The van der Waals surface area contributed by atoms with Crippen LogP contribution in [0.3, 0.4) is 0 Å². The lowest BCUT2D eigenvalue weighted by Gasteiger charge is -2.14. The summed E-state index contributed by atoms with van der Waals surface area (Å²) in [5.41, 5.74) is 2.09. The van der Waals surface area contributed by atoms with Crippen molar-refractivity contribution in [3.8, 4) is 0 Å². The van der Waals surface area contributed by atoms with Crippen LogP contribution in [-0.2, 0) is 6.42 Å². The van der Waals surface area contributed by atoms with E-state index in [0.29, 0.717) is 11.7 Å². The molecule has 0 spiro atoms. The van der Waals surface area contributed by atoms with Crippen molar-refractivity contribution in [1.82, 2.24) is 10.1 Å². The van der Waals surface area contributed by atoms with Gasteiger partial charge in [-0.2, -0.15) is 0 Å². The van der Waals surface area contributed by atoms with Crippen LogP contribution in [0.25, 0.3) is 0 Å². The second-order valence-electron chi connectivity index (χ2n) is 5.78. The first kappa shape index (κ1) is 16.3. The van der Waals surface area contributed by atoms with Crippen molar-refractivity contribution in [1.29, 1.82) is 0 Å². The normalized spacial score (nSPS) is 12.1. The van der Waals surface area contributed by atoms with E-state index in [1.807, 2.05) is 18.2 Å². The average molecular weight is 300 g/mol. The molecule has 1 aromatic carbocycles. The number of amides is 1. The minimum Gasteiger partial charge on any atom is -0.351 e. The van der Waals surface area contributed by atoms with E-state index >= 15 is 0 Å². The van der Waals surface area contributed by atoms with Crippen molar-refractivity contribution in [3.05, 3.63) is 53.4 Å². The predicted octanol–water partition coefficient (Wildman–Crippen LogP) is 3.89. The molecule has 0 saturated carbocycles. The first-order chi connectivity index (χ1) is 10.6. The summed E-state index contributed by atoms with van der Waals surface area (Å²) >= 11 is 0. The highest BCUT2D eigenvalue weighted by atomic mass is 16.5. The molecule has 4 heteroatoms. The molecule has 0 aliphatic carbocycles. The summed E-state index contributed by atoms with van der Waals surface area (Å²) in [5, 5.41) is 4.04. The molecule has 0 saturated heterocycles. The second-order valence-corrected chi connectivity index (χ2v) is 5.78. The number of aromatic nitrogens is 1. The van der Waals surface area contributed by atoms with Gasteiger partial charge in [0.1, 0.15) is 0 Å². The number of rotatable bonds is 7. The molecule has 118 valence electrons. The molecule has 2 rings (SSSR count). The zero-order valence-corrected chi connectivity index (χ0v) is 13.6. The minimum atomic E-state index is -0.0976. The van der Waals surface area contributed by atoms with Crippen LogP contribution in [0.4, 0.5) is 0 Å². The summed E-state index contributed by atoms with van der Waals surface area (Å²) in [6, 6.07) is 12.1. The van der Waals surface area contributed by atoms with E-state index in [-0.39, 0.29) is 5.91 Å². The van der Waals surface area contributed by atoms with Gasteiger partial charge in [-0.25, -0.2) is 0 Å². The van der Waals surface area contributed by atoms with Gasteiger partial charge in [0.2, 0.25) is 5.76 Å². The Labute approximate surface area is 132 Å². The van der Waals surface area contributed by atoms with Crippen LogP contribution in [0.15, 0.2) is 40.9 Å². The molecule has 1 amide bonds. The van der Waals surface area contributed by atoms with Crippen molar-refractivity contribution in [2.24, 2.45) is 0 Å². The number of nitrogens with zero attached hydrogens (tertiary/aromatic N) is 2. The standard InChI is InChI=1S/C18H24N2O2/c1-4-5-11-20(3)18(21)17-13-16(19-22-17)12-14(2)15-9-7-6-8-10-15/h6-10,13-14H,4-5,11-12H2,1-3H3/t14-/m0/s1. The first-order valence-corrected chi connectivity index (χ1v) is 7.87. The smallest absolute Gasteiger partial charge is 0.292 e. The first-order valence-electron chi connectivity index (χ1n) is 7.87. The van der Waals surface area contributed by atoms with Gasteiger partial charge in [-0.3, -0.25) is 4.79 Å². The number of hydrogen-bond acceptors (Lipinski definition) is 3. The Morgan fingerprint density at radius 1 is 1.32 bits per heavy atom. The summed E-state index contributed by atoms with van der Waals surface area (Å²) < 4.78 is 5.22. The van der Waals surface area contributed by atoms with E-state index in [2.05, 4.69) is 31.1 Å². The summed E-state index contributed by atoms with van der Waals surface area (Å²) in [6.07, 6.45) is 2.82. The van der Waals surface area contributed by atoms with Crippen LogP contribution < -0.4 is 0 Å². The minimum absolute atomic E-state index is 0.0976. The molecule has 22 heavy (non-hydrogen) atoms. The van der Waals surface area contributed by atoms with E-state index in [1.165, 1.54) is 5.56 Å². The molecule has 0 fully saturated rings. The van der Waals surface area contributed by atoms with E-state index in [0.717, 1.165) is 31.5 Å². The summed E-state index contributed by atoms with van der Waals surface area (Å²) in [6.45, 7) is 5.00. The molecule has 0 radical (unpaired) electrons. The third-order valence-electron chi connectivity index (χ3n) is 3.85. The third kappa shape index (κ3) is 4.20. The molecule has 1 aromatic heterocycles. The highest BCUT2D eigenvalue weighted by Crippen LogP contribution is 2.20. The van der Waals surface area contributed by atoms with Crippen LogP contribution in [-0.4, -0.2) is 29.6 Å². The SMILES string of the molecule is CCCCN(C)C(=O)c1cc(C[C@H](C)c2ccccc2)no1. The second kappa shape index (κ2) is 7.78. The molecule has 0 aliphatic heterocycles. The molecule has 0 aliphatic rings. The Morgan fingerprint density at radius 2 is 2.05 bits per heavy atom. The van der Waals surface area contributed by atoms with Crippen LogP contribution in [0.5, 0.6) is 0 Å². The zero-order chi connectivity index (χ0) is 15.9.